The maximum atomic E-state index is 13.7. The Balaban J connectivity index is 1.05. The fourth-order valence-electron chi connectivity index (χ4n) is 6.43. The monoisotopic (exact) mass is 557 g/mol. The van der Waals surface area contributed by atoms with Crippen LogP contribution in [0.3, 0.4) is 0 Å². The number of nitrogens with zero attached hydrogens (tertiary/aromatic N) is 4. The Morgan fingerprint density at radius 2 is 1.59 bits per heavy atom. The fourth-order valence-corrected chi connectivity index (χ4v) is 6.43. The molecule has 3 aromatic rings. The van der Waals surface area contributed by atoms with Gasteiger partial charge in [-0.15, -0.1) is 0 Å². The number of ether oxygens (including phenoxy) is 2. The molecule has 4 aliphatic rings. The Kier molecular flexibility index (Phi) is 7.17. The Morgan fingerprint density at radius 1 is 0.878 bits per heavy atom. The first-order valence-electron chi connectivity index (χ1n) is 14.5. The summed E-state index contributed by atoms with van der Waals surface area (Å²) in [5.74, 6) is -0.143. The minimum atomic E-state index is -0.383. The van der Waals surface area contributed by atoms with Gasteiger partial charge in [0.25, 0.3) is 0 Å². The molecule has 11 nitrogen and oxygen atoms in total. The molecule has 0 unspecified atom stereocenters. The summed E-state index contributed by atoms with van der Waals surface area (Å²) >= 11 is 0. The van der Waals surface area contributed by atoms with E-state index in [4.69, 9.17) is 9.47 Å². The van der Waals surface area contributed by atoms with Crippen LogP contribution in [-0.4, -0.2) is 104 Å². The third-order valence-corrected chi connectivity index (χ3v) is 8.61. The Bertz CT molecular complexity index is 1420. The first-order chi connectivity index (χ1) is 20.2. The molecule has 1 aliphatic carbocycles. The minimum absolute atomic E-state index is 0.143. The lowest BCUT2D eigenvalue weighted by atomic mass is 10.0. The van der Waals surface area contributed by atoms with Crippen molar-refractivity contribution in [2.24, 2.45) is 0 Å². The lowest BCUT2D eigenvalue weighted by molar-refractivity contribution is 0.0115. The molecule has 7 rings (SSSR count). The summed E-state index contributed by atoms with van der Waals surface area (Å²) in [7, 11) is 0. The maximum Gasteiger partial charge on any atom is 0.333 e. The number of benzene rings is 2. The Labute approximate surface area is 238 Å². The van der Waals surface area contributed by atoms with E-state index >= 15 is 0 Å². The van der Waals surface area contributed by atoms with Crippen LogP contribution in [0, 0.1) is 0 Å². The third kappa shape index (κ3) is 5.10. The first kappa shape index (κ1) is 26.1. The predicted molar refractivity (Wildman–Crippen MR) is 155 cm³/mol. The first-order valence-corrected chi connectivity index (χ1v) is 14.5. The molecule has 3 saturated heterocycles. The van der Waals surface area contributed by atoms with Crippen molar-refractivity contribution in [2.75, 3.05) is 75.9 Å². The van der Waals surface area contributed by atoms with Gasteiger partial charge in [-0.05, 0) is 31.0 Å². The number of urea groups is 1. The number of hydrogen-bond acceptors (Lipinski definition) is 8. The molecule has 0 atom stereocenters. The van der Waals surface area contributed by atoms with Gasteiger partial charge >= 0.3 is 6.03 Å². The zero-order valence-corrected chi connectivity index (χ0v) is 23.0. The van der Waals surface area contributed by atoms with Gasteiger partial charge < -0.3 is 19.7 Å². The van der Waals surface area contributed by atoms with E-state index in [1.807, 2.05) is 29.3 Å². The number of fused-ring (bicyclic) bond motifs is 3. The van der Waals surface area contributed by atoms with Gasteiger partial charge in [0, 0.05) is 62.1 Å². The standard InChI is InChI=1S/C30H35N7O4/c38-29-25-23(2-1-3-24(25)31-30(39)34-37-14-18-41-19-15-37)28-26(29)27(32-33-28)20-4-6-21(7-5-20)35-10-8-22(9-11-35)36-12-16-40-17-13-36/h1-7,22H,8-19H2,(H,32,33)(H2,31,34,39). The number of carbonyl (C=O) groups is 2. The molecule has 41 heavy (non-hydrogen) atoms. The van der Waals surface area contributed by atoms with Crippen LogP contribution >= 0.6 is 0 Å². The number of hydrogen-bond donors (Lipinski definition) is 3. The Morgan fingerprint density at radius 3 is 2.32 bits per heavy atom. The molecule has 2 amide bonds. The van der Waals surface area contributed by atoms with Crippen LogP contribution in [-0.2, 0) is 9.47 Å². The lowest BCUT2D eigenvalue weighted by Gasteiger charge is -2.40. The number of morpholine rings is 2. The average Bonchev–Trinajstić information content (AvgIpc) is 3.58. The number of rotatable bonds is 5. The molecule has 0 radical (unpaired) electrons. The number of hydrazine groups is 1. The normalized spacial score (nSPS) is 20.1. The van der Waals surface area contributed by atoms with E-state index in [-0.39, 0.29) is 11.8 Å². The molecule has 214 valence electrons. The van der Waals surface area contributed by atoms with Crippen LogP contribution in [0.1, 0.15) is 28.8 Å². The number of aromatic amines is 1. The zero-order valence-electron chi connectivity index (χ0n) is 23.0. The van der Waals surface area contributed by atoms with Crippen molar-refractivity contribution in [2.45, 2.75) is 18.9 Å². The van der Waals surface area contributed by atoms with Crippen molar-refractivity contribution in [3.63, 3.8) is 0 Å². The predicted octanol–water partition coefficient (Wildman–Crippen LogP) is 2.96. The van der Waals surface area contributed by atoms with E-state index < -0.39 is 0 Å². The van der Waals surface area contributed by atoms with Crippen LogP contribution in [0.25, 0.3) is 22.5 Å². The summed E-state index contributed by atoms with van der Waals surface area (Å²) < 4.78 is 10.9. The van der Waals surface area contributed by atoms with E-state index in [2.05, 4.69) is 42.9 Å². The highest BCUT2D eigenvalue weighted by Gasteiger charge is 2.35. The third-order valence-electron chi connectivity index (χ3n) is 8.61. The highest BCUT2D eigenvalue weighted by Crippen LogP contribution is 2.43. The Hall–Kier alpha value is -3.77. The van der Waals surface area contributed by atoms with E-state index in [9.17, 15) is 9.59 Å². The van der Waals surface area contributed by atoms with E-state index in [0.717, 1.165) is 63.4 Å². The van der Waals surface area contributed by atoms with E-state index in [1.54, 1.807) is 6.07 Å². The summed E-state index contributed by atoms with van der Waals surface area (Å²) in [6, 6.07) is 14.1. The van der Waals surface area contributed by atoms with Crippen molar-refractivity contribution in [3.8, 4) is 22.5 Å². The van der Waals surface area contributed by atoms with Gasteiger partial charge in [0.05, 0.1) is 48.9 Å². The SMILES string of the molecule is O=C(Nc1cccc2c1C(=O)c1c(-c3ccc(N4CCC(N5CCOCC5)CC4)cc3)n[nH]c1-2)NN1CCOCC1. The molecule has 4 heterocycles. The van der Waals surface area contributed by atoms with Crippen molar-refractivity contribution < 1.29 is 19.1 Å². The van der Waals surface area contributed by atoms with Crippen molar-refractivity contribution in [1.29, 1.82) is 0 Å². The second-order valence-corrected chi connectivity index (χ2v) is 11.0. The van der Waals surface area contributed by atoms with Gasteiger partial charge in [-0.2, -0.15) is 5.10 Å². The molecule has 2 aromatic carbocycles. The molecule has 3 aliphatic heterocycles. The smallest absolute Gasteiger partial charge is 0.333 e. The maximum absolute atomic E-state index is 13.7. The van der Waals surface area contributed by atoms with Gasteiger partial charge in [-0.1, -0.05) is 24.3 Å². The van der Waals surface area contributed by atoms with Gasteiger partial charge in [-0.3, -0.25) is 20.2 Å². The van der Waals surface area contributed by atoms with E-state index in [0.29, 0.717) is 60.5 Å². The van der Waals surface area contributed by atoms with Gasteiger partial charge in [0.15, 0.2) is 5.78 Å². The molecule has 0 bridgehead atoms. The van der Waals surface area contributed by atoms with Gasteiger partial charge in [0.1, 0.15) is 5.69 Å². The number of amides is 2. The fraction of sp³-hybridized carbons (Fsp3) is 0.433. The summed E-state index contributed by atoms with van der Waals surface area (Å²) in [5, 5.41) is 12.3. The highest BCUT2D eigenvalue weighted by molar-refractivity contribution is 6.26. The molecule has 3 N–H and O–H groups in total. The average molecular weight is 558 g/mol. The summed E-state index contributed by atoms with van der Waals surface area (Å²) in [5.41, 5.74) is 8.47. The van der Waals surface area contributed by atoms with Crippen molar-refractivity contribution >= 4 is 23.2 Å². The summed E-state index contributed by atoms with van der Waals surface area (Å²) in [6.07, 6.45) is 2.31. The number of nitrogens with one attached hydrogen (secondary N) is 3. The number of H-pyrrole nitrogens is 1. The molecular formula is C30H35N7O4. The van der Waals surface area contributed by atoms with Gasteiger partial charge in [0.2, 0.25) is 0 Å². The van der Waals surface area contributed by atoms with Crippen LogP contribution in [0.15, 0.2) is 42.5 Å². The van der Waals surface area contributed by atoms with E-state index in [1.165, 1.54) is 5.69 Å². The highest BCUT2D eigenvalue weighted by atomic mass is 16.5. The van der Waals surface area contributed by atoms with Crippen LogP contribution < -0.4 is 15.6 Å². The molecular weight excluding hydrogens is 522 g/mol. The lowest BCUT2D eigenvalue weighted by Crippen LogP contribution is -2.49. The second-order valence-electron chi connectivity index (χ2n) is 11.0. The number of aromatic nitrogens is 2. The summed E-state index contributed by atoms with van der Waals surface area (Å²) in [4.78, 5) is 31.5. The molecule has 3 fully saturated rings. The molecule has 0 saturated carbocycles. The molecule has 11 heteroatoms. The van der Waals surface area contributed by atoms with Crippen LogP contribution in [0.5, 0.6) is 0 Å². The topological polar surface area (TPSA) is 115 Å². The zero-order chi connectivity index (χ0) is 27.8. The quantitative estimate of drug-likeness (QED) is 0.343. The number of piperidine rings is 1. The number of ketones is 1. The van der Waals surface area contributed by atoms with Crippen molar-refractivity contribution in [1.82, 2.24) is 25.5 Å². The van der Waals surface area contributed by atoms with Gasteiger partial charge in [-0.25, -0.2) is 9.80 Å². The summed E-state index contributed by atoms with van der Waals surface area (Å²) in [6.45, 7) is 8.18. The molecule has 1 aromatic heterocycles. The minimum Gasteiger partial charge on any atom is -0.379 e. The molecule has 0 spiro atoms. The number of carbonyl (C=O) groups excluding carboxylic acids is 2. The largest absolute Gasteiger partial charge is 0.379 e. The van der Waals surface area contributed by atoms with Crippen LogP contribution in [0.2, 0.25) is 0 Å². The number of anilines is 2. The second kappa shape index (κ2) is 11.2. The van der Waals surface area contributed by atoms with Crippen molar-refractivity contribution in [3.05, 3.63) is 53.6 Å². The van der Waals surface area contributed by atoms with Crippen LogP contribution in [0.4, 0.5) is 16.2 Å².